The van der Waals surface area contributed by atoms with Gasteiger partial charge in [-0.3, -0.25) is 0 Å². The maximum Gasteiger partial charge on any atom is 0.163 e. The van der Waals surface area contributed by atoms with Gasteiger partial charge in [-0.25, -0.2) is 14.4 Å². The molecule has 0 aliphatic heterocycles. The van der Waals surface area contributed by atoms with Crippen LogP contribution in [0.2, 0.25) is 0 Å². The maximum absolute atomic E-state index is 13.4. The van der Waals surface area contributed by atoms with Crippen molar-refractivity contribution in [3.05, 3.63) is 41.0 Å². The molecule has 0 aliphatic carbocycles. The first-order chi connectivity index (χ1) is 8.63. The van der Waals surface area contributed by atoms with Gasteiger partial charge in [0.05, 0.1) is 5.39 Å². The van der Waals surface area contributed by atoms with E-state index < -0.39 is 0 Å². The summed E-state index contributed by atoms with van der Waals surface area (Å²) in [7, 11) is 0. The van der Waals surface area contributed by atoms with Crippen molar-refractivity contribution in [1.29, 1.82) is 0 Å². The molecule has 2 N–H and O–H groups in total. The Hall–Kier alpha value is -2.01. The van der Waals surface area contributed by atoms with Crippen molar-refractivity contribution in [3.8, 4) is 11.4 Å². The summed E-state index contributed by atoms with van der Waals surface area (Å²) in [5, 5.41) is 2.76. The minimum atomic E-state index is -0.293. The summed E-state index contributed by atoms with van der Waals surface area (Å²) in [5.74, 6) is 0.599. The van der Waals surface area contributed by atoms with E-state index in [1.165, 1.54) is 23.5 Å². The molecule has 0 aliphatic rings. The molecule has 3 rings (SSSR count). The minimum absolute atomic E-state index is 0.293. The number of nitrogen functional groups attached to an aromatic ring is 1. The Morgan fingerprint density at radius 1 is 1.22 bits per heavy atom. The normalized spacial score (nSPS) is 11.0. The number of benzene rings is 1. The van der Waals surface area contributed by atoms with Gasteiger partial charge in [0, 0.05) is 5.56 Å². The van der Waals surface area contributed by atoms with E-state index in [1.54, 1.807) is 0 Å². The number of anilines is 1. The molecule has 0 fully saturated rings. The molecule has 18 heavy (non-hydrogen) atoms. The lowest BCUT2D eigenvalue weighted by Gasteiger charge is -2.04. The highest BCUT2D eigenvalue weighted by Gasteiger charge is 2.09. The second-order valence-electron chi connectivity index (χ2n) is 4.09. The van der Waals surface area contributed by atoms with E-state index in [0.717, 1.165) is 15.8 Å². The van der Waals surface area contributed by atoms with Crippen molar-refractivity contribution in [2.45, 2.75) is 6.92 Å². The monoisotopic (exact) mass is 259 g/mol. The van der Waals surface area contributed by atoms with Crippen molar-refractivity contribution in [2.75, 3.05) is 5.73 Å². The summed E-state index contributed by atoms with van der Waals surface area (Å²) >= 11 is 1.49. The second-order valence-corrected chi connectivity index (χ2v) is 4.98. The topological polar surface area (TPSA) is 51.8 Å². The zero-order chi connectivity index (χ0) is 12.7. The molecule has 0 spiro atoms. The first-order valence-electron chi connectivity index (χ1n) is 5.42. The maximum atomic E-state index is 13.4. The van der Waals surface area contributed by atoms with Crippen LogP contribution in [0.1, 0.15) is 5.56 Å². The van der Waals surface area contributed by atoms with Crippen molar-refractivity contribution >= 4 is 27.4 Å². The molecule has 0 bridgehead atoms. The lowest BCUT2D eigenvalue weighted by molar-refractivity contribution is 0.627. The Morgan fingerprint density at radius 2 is 2.06 bits per heavy atom. The van der Waals surface area contributed by atoms with Crippen LogP contribution in [0.3, 0.4) is 0 Å². The van der Waals surface area contributed by atoms with E-state index in [1.807, 2.05) is 24.4 Å². The standard InChI is InChI=1S/C13H10FN3S/c1-7-4-8(6-9(14)5-7)12-16-11(15)10-2-3-18-13(10)17-12/h2-6H,1H3,(H2,15,16,17). The van der Waals surface area contributed by atoms with Gasteiger partial charge in [0.15, 0.2) is 5.82 Å². The van der Waals surface area contributed by atoms with E-state index in [9.17, 15) is 4.39 Å². The van der Waals surface area contributed by atoms with Gasteiger partial charge in [0.2, 0.25) is 0 Å². The highest BCUT2D eigenvalue weighted by molar-refractivity contribution is 7.16. The molecule has 0 amide bonds. The summed E-state index contributed by atoms with van der Waals surface area (Å²) in [4.78, 5) is 9.46. The number of aryl methyl sites for hydroxylation is 1. The Balaban J connectivity index is 2.24. The summed E-state index contributed by atoms with van der Waals surface area (Å²) in [5.41, 5.74) is 7.36. The van der Waals surface area contributed by atoms with Gasteiger partial charge in [-0.1, -0.05) is 0 Å². The first kappa shape index (κ1) is 11.1. The molecule has 2 aromatic heterocycles. The van der Waals surface area contributed by atoms with Crippen LogP contribution in [0, 0.1) is 12.7 Å². The predicted octanol–water partition coefficient (Wildman–Crippen LogP) is 3.39. The molecule has 0 saturated carbocycles. The number of aromatic nitrogens is 2. The number of nitrogens with zero attached hydrogens (tertiary/aromatic N) is 2. The predicted molar refractivity (Wildman–Crippen MR) is 72.0 cm³/mol. The van der Waals surface area contributed by atoms with Gasteiger partial charge in [-0.05, 0) is 42.1 Å². The van der Waals surface area contributed by atoms with E-state index in [-0.39, 0.29) is 5.82 Å². The SMILES string of the molecule is Cc1cc(F)cc(-c2nc(N)c3ccsc3n2)c1. The number of hydrogen-bond donors (Lipinski definition) is 1. The van der Waals surface area contributed by atoms with Crippen LogP contribution in [0.4, 0.5) is 10.2 Å². The van der Waals surface area contributed by atoms with E-state index in [2.05, 4.69) is 9.97 Å². The van der Waals surface area contributed by atoms with Crippen molar-refractivity contribution in [2.24, 2.45) is 0 Å². The summed E-state index contributed by atoms with van der Waals surface area (Å²) in [6, 6.07) is 6.62. The molecular weight excluding hydrogens is 249 g/mol. The molecule has 1 aromatic carbocycles. The Kier molecular flexibility index (Phi) is 2.48. The van der Waals surface area contributed by atoms with E-state index in [0.29, 0.717) is 17.2 Å². The van der Waals surface area contributed by atoms with Gasteiger partial charge < -0.3 is 5.73 Å². The van der Waals surface area contributed by atoms with Crippen LogP contribution >= 0.6 is 11.3 Å². The summed E-state index contributed by atoms with van der Waals surface area (Å²) in [6.07, 6.45) is 0. The van der Waals surface area contributed by atoms with Gasteiger partial charge in [0.1, 0.15) is 16.5 Å². The van der Waals surface area contributed by atoms with Gasteiger partial charge >= 0.3 is 0 Å². The Bertz CT molecular complexity index is 716. The van der Waals surface area contributed by atoms with Crippen LogP contribution in [0.5, 0.6) is 0 Å². The summed E-state index contributed by atoms with van der Waals surface area (Å²) in [6.45, 7) is 1.83. The molecule has 3 aromatic rings. The molecule has 90 valence electrons. The van der Waals surface area contributed by atoms with Crippen molar-refractivity contribution < 1.29 is 4.39 Å². The average Bonchev–Trinajstić information content (AvgIpc) is 2.76. The zero-order valence-electron chi connectivity index (χ0n) is 9.64. The average molecular weight is 259 g/mol. The first-order valence-corrected chi connectivity index (χ1v) is 6.30. The van der Waals surface area contributed by atoms with Gasteiger partial charge in [-0.2, -0.15) is 0 Å². The van der Waals surface area contributed by atoms with Crippen molar-refractivity contribution in [3.63, 3.8) is 0 Å². The number of halogens is 1. The number of rotatable bonds is 1. The molecule has 5 heteroatoms. The fourth-order valence-corrected chi connectivity index (χ4v) is 2.64. The Morgan fingerprint density at radius 3 is 2.83 bits per heavy atom. The third-order valence-electron chi connectivity index (χ3n) is 2.65. The van der Waals surface area contributed by atoms with Crippen LogP contribution in [0.25, 0.3) is 21.6 Å². The van der Waals surface area contributed by atoms with Gasteiger partial charge in [0.25, 0.3) is 0 Å². The molecule has 3 nitrogen and oxygen atoms in total. The minimum Gasteiger partial charge on any atom is -0.383 e. The molecule has 0 radical (unpaired) electrons. The molecule has 0 saturated heterocycles. The largest absolute Gasteiger partial charge is 0.383 e. The highest BCUT2D eigenvalue weighted by Crippen LogP contribution is 2.27. The molecular formula is C13H10FN3S. The summed E-state index contributed by atoms with van der Waals surface area (Å²) < 4.78 is 13.4. The van der Waals surface area contributed by atoms with Crippen LogP contribution in [0.15, 0.2) is 29.6 Å². The molecule has 0 unspecified atom stereocenters. The zero-order valence-corrected chi connectivity index (χ0v) is 10.5. The van der Waals surface area contributed by atoms with Crippen LogP contribution < -0.4 is 5.73 Å². The fourth-order valence-electron chi connectivity index (χ4n) is 1.87. The third-order valence-corrected chi connectivity index (χ3v) is 3.46. The number of hydrogen-bond acceptors (Lipinski definition) is 4. The number of fused-ring (bicyclic) bond motifs is 1. The smallest absolute Gasteiger partial charge is 0.163 e. The number of thiophene rings is 1. The van der Waals surface area contributed by atoms with E-state index in [4.69, 9.17) is 5.73 Å². The third kappa shape index (κ3) is 1.82. The number of nitrogens with two attached hydrogens (primary N) is 1. The highest BCUT2D eigenvalue weighted by atomic mass is 32.1. The molecule has 0 atom stereocenters. The lowest BCUT2D eigenvalue weighted by Crippen LogP contribution is -1.96. The van der Waals surface area contributed by atoms with Gasteiger partial charge in [-0.15, -0.1) is 11.3 Å². The molecule has 2 heterocycles. The quantitative estimate of drug-likeness (QED) is 0.728. The van der Waals surface area contributed by atoms with E-state index >= 15 is 0 Å². The Labute approximate surface area is 107 Å². The van der Waals surface area contributed by atoms with Crippen LogP contribution in [-0.2, 0) is 0 Å². The second kappa shape index (κ2) is 4.03. The lowest BCUT2D eigenvalue weighted by atomic mass is 10.1. The van der Waals surface area contributed by atoms with Crippen molar-refractivity contribution in [1.82, 2.24) is 9.97 Å². The van der Waals surface area contributed by atoms with Crippen LogP contribution in [-0.4, -0.2) is 9.97 Å². The fraction of sp³-hybridized carbons (Fsp3) is 0.0769.